The van der Waals surface area contributed by atoms with Gasteiger partial charge in [0, 0.05) is 12.6 Å². The van der Waals surface area contributed by atoms with Crippen molar-refractivity contribution in [1.82, 2.24) is 10.6 Å². The van der Waals surface area contributed by atoms with Gasteiger partial charge in [0.2, 0.25) is 11.8 Å². The van der Waals surface area contributed by atoms with Gasteiger partial charge in [0.1, 0.15) is 12.2 Å². The maximum atomic E-state index is 11.6. The standard InChI is InChI=1S/C15H22N2O3/c1-11(2)17-15(19)10-14(18)16-9-8-12-6-4-5-7-13(12)20-3/h4-7,11H,8-10H2,1-3H3,(H,16,18)(H,17,19). The third kappa shape index (κ3) is 5.73. The van der Waals surface area contributed by atoms with E-state index in [1.54, 1.807) is 7.11 Å². The molecule has 0 fully saturated rings. The Morgan fingerprint density at radius 3 is 2.55 bits per heavy atom. The lowest BCUT2D eigenvalue weighted by Gasteiger charge is -2.10. The minimum absolute atomic E-state index is 0.0453. The molecule has 1 aromatic rings. The Hall–Kier alpha value is -2.04. The predicted molar refractivity (Wildman–Crippen MR) is 77.6 cm³/mol. The van der Waals surface area contributed by atoms with Gasteiger partial charge in [-0.05, 0) is 31.9 Å². The molecule has 0 atom stereocenters. The summed E-state index contributed by atoms with van der Waals surface area (Å²) >= 11 is 0. The van der Waals surface area contributed by atoms with Crippen molar-refractivity contribution in [2.24, 2.45) is 0 Å². The van der Waals surface area contributed by atoms with E-state index < -0.39 is 0 Å². The molecule has 0 spiro atoms. The molecule has 2 N–H and O–H groups in total. The normalized spacial score (nSPS) is 10.2. The van der Waals surface area contributed by atoms with Gasteiger partial charge in [-0.15, -0.1) is 0 Å². The first kappa shape index (κ1) is 16.0. The monoisotopic (exact) mass is 278 g/mol. The number of benzene rings is 1. The fourth-order valence-electron chi connectivity index (χ4n) is 1.83. The second-order valence-electron chi connectivity index (χ2n) is 4.81. The van der Waals surface area contributed by atoms with E-state index >= 15 is 0 Å². The number of amides is 2. The summed E-state index contributed by atoms with van der Waals surface area (Å²) in [4.78, 5) is 23.0. The maximum Gasteiger partial charge on any atom is 0.229 e. The van der Waals surface area contributed by atoms with E-state index in [1.165, 1.54) is 0 Å². The Labute approximate surface area is 119 Å². The molecule has 0 aromatic heterocycles. The first-order chi connectivity index (χ1) is 9.52. The lowest BCUT2D eigenvalue weighted by Crippen LogP contribution is -2.35. The zero-order valence-corrected chi connectivity index (χ0v) is 12.2. The molecule has 0 aliphatic carbocycles. The highest BCUT2D eigenvalue weighted by Crippen LogP contribution is 2.17. The SMILES string of the molecule is COc1ccccc1CCNC(=O)CC(=O)NC(C)C. The van der Waals surface area contributed by atoms with Crippen LogP contribution in [0.2, 0.25) is 0 Å². The van der Waals surface area contributed by atoms with Crippen molar-refractivity contribution in [3.05, 3.63) is 29.8 Å². The van der Waals surface area contributed by atoms with Crippen LogP contribution in [0.3, 0.4) is 0 Å². The van der Waals surface area contributed by atoms with Crippen molar-refractivity contribution in [1.29, 1.82) is 0 Å². The third-order valence-electron chi connectivity index (χ3n) is 2.68. The molecule has 0 unspecified atom stereocenters. The quantitative estimate of drug-likeness (QED) is 0.738. The molecule has 0 bridgehead atoms. The molecule has 0 saturated carbocycles. The minimum atomic E-state index is -0.266. The summed E-state index contributed by atoms with van der Waals surface area (Å²) in [5.41, 5.74) is 1.03. The number of nitrogens with one attached hydrogen (secondary N) is 2. The van der Waals surface area contributed by atoms with E-state index in [1.807, 2.05) is 38.1 Å². The van der Waals surface area contributed by atoms with Crippen molar-refractivity contribution in [2.45, 2.75) is 32.7 Å². The summed E-state index contributed by atoms with van der Waals surface area (Å²) in [6.45, 7) is 4.20. The Kier molecular flexibility index (Phi) is 6.56. The summed E-state index contributed by atoms with van der Waals surface area (Å²) in [5.74, 6) is 0.284. The van der Waals surface area contributed by atoms with Gasteiger partial charge in [-0.3, -0.25) is 9.59 Å². The van der Waals surface area contributed by atoms with Crippen LogP contribution in [-0.2, 0) is 16.0 Å². The average molecular weight is 278 g/mol. The smallest absolute Gasteiger partial charge is 0.229 e. The van der Waals surface area contributed by atoms with Gasteiger partial charge >= 0.3 is 0 Å². The highest BCUT2D eigenvalue weighted by molar-refractivity contribution is 5.96. The van der Waals surface area contributed by atoms with Crippen LogP contribution in [-0.4, -0.2) is 31.5 Å². The van der Waals surface area contributed by atoms with E-state index in [2.05, 4.69) is 10.6 Å². The highest BCUT2D eigenvalue weighted by Gasteiger charge is 2.10. The maximum absolute atomic E-state index is 11.6. The van der Waals surface area contributed by atoms with E-state index in [9.17, 15) is 9.59 Å². The number of para-hydroxylation sites is 1. The number of carbonyl (C=O) groups excluding carboxylic acids is 2. The van der Waals surface area contributed by atoms with E-state index in [-0.39, 0.29) is 24.3 Å². The molecule has 110 valence electrons. The molecule has 1 rings (SSSR count). The topological polar surface area (TPSA) is 67.4 Å². The van der Waals surface area contributed by atoms with Crippen molar-refractivity contribution < 1.29 is 14.3 Å². The molecule has 0 saturated heterocycles. The van der Waals surface area contributed by atoms with Crippen LogP contribution in [0.15, 0.2) is 24.3 Å². The van der Waals surface area contributed by atoms with Gasteiger partial charge in [0.25, 0.3) is 0 Å². The molecule has 5 heteroatoms. The van der Waals surface area contributed by atoms with Crippen LogP contribution >= 0.6 is 0 Å². The van der Waals surface area contributed by atoms with Gasteiger partial charge in [-0.1, -0.05) is 18.2 Å². The number of rotatable bonds is 7. The summed E-state index contributed by atoms with van der Waals surface area (Å²) < 4.78 is 5.23. The fraction of sp³-hybridized carbons (Fsp3) is 0.467. The third-order valence-corrected chi connectivity index (χ3v) is 2.68. The molecule has 20 heavy (non-hydrogen) atoms. The lowest BCUT2D eigenvalue weighted by molar-refractivity contribution is -0.129. The number of ether oxygens (including phenoxy) is 1. The second-order valence-corrected chi connectivity index (χ2v) is 4.81. The molecule has 0 aliphatic rings. The molecule has 0 radical (unpaired) electrons. The minimum Gasteiger partial charge on any atom is -0.496 e. The first-order valence-corrected chi connectivity index (χ1v) is 6.71. The Morgan fingerprint density at radius 2 is 1.90 bits per heavy atom. The second kappa shape index (κ2) is 8.19. The number of methoxy groups -OCH3 is 1. The molecular weight excluding hydrogens is 256 g/mol. The zero-order chi connectivity index (χ0) is 15.0. The summed E-state index contributed by atoms with van der Waals surface area (Å²) in [6, 6.07) is 7.71. The van der Waals surface area contributed by atoms with Gasteiger partial charge in [0.05, 0.1) is 7.11 Å². The van der Waals surface area contributed by atoms with E-state index in [4.69, 9.17) is 4.74 Å². The number of hydrogen-bond donors (Lipinski definition) is 2. The van der Waals surface area contributed by atoms with Crippen molar-refractivity contribution in [3.63, 3.8) is 0 Å². The van der Waals surface area contributed by atoms with Crippen molar-refractivity contribution in [2.75, 3.05) is 13.7 Å². The predicted octanol–water partition coefficient (Wildman–Crippen LogP) is 1.27. The zero-order valence-electron chi connectivity index (χ0n) is 12.2. The summed E-state index contributed by atoms with van der Waals surface area (Å²) in [6.07, 6.45) is 0.533. The molecule has 0 heterocycles. The molecule has 5 nitrogen and oxygen atoms in total. The largest absolute Gasteiger partial charge is 0.496 e. The molecule has 2 amide bonds. The van der Waals surface area contributed by atoms with E-state index in [0.29, 0.717) is 13.0 Å². The number of carbonyl (C=O) groups is 2. The van der Waals surface area contributed by atoms with Crippen LogP contribution in [0.5, 0.6) is 5.75 Å². The molecule has 1 aromatic carbocycles. The summed E-state index contributed by atoms with van der Waals surface area (Å²) in [5, 5.41) is 5.41. The van der Waals surface area contributed by atoms with Crippen LogP contribution in [0, 0.1) is 0 Å². The van der Waals surface area contributed by atoms with Crippen molar-refractivity contribution in [3.8, 4) is 5.75 Å². The molecule has 0 aliphatic heterocycles. The van der Waals surface area contributed by atoms with Gasteiger partial charge in [-0.2, -0.15) is 0 Å². The highest BCUT2D eigenvalue weighted by atomic mass is 16.5. The Balaban J connectivity index is 2.33. The van der Waals surface area contributed by atoms with Crippen LogP contribution < -0.4 is 15.4 Å². The average Bonchev–Trinajstić information content (AvgIpc) is 2.38. The first-order valence-electron chi connectivity index (χ1n) is 6.71. The van der Waals surface area contributed by atoms with Gasteiger partial charge < -0.3 is 15.4 Å². The lowest BCUT2D eigenvalue weighted by atomic mass is 10.1. The van der Waals surface area contributed by atoms with Crippen LogP contribution in [0.4, 0.5) is 0 Å². The van der Waals surface area contributed by atoms with Crippen LogP contribution in [0.1, 0.15) is 25.8 Å². The Morgan fingerprint density at radius 1 is 1.20 bits per heavy atom. The van der Waals surface area contributed by atoms with Gasteiger partial charge in [0.15, 0.2) is 0 Å². The Bertz CT molecular complexity index is 458. The van der Waals surface area contributed by atoms with E-state index in [0.717, 1.165) is 11.3 Å². The van der Waals surface area contributed by atoms with Gasteiger partial charge in [-0.25, -0.2) is 0 Å². The summed E-state index contributed by atoms with van der Waals surface area (Å²) in [7, 11) is 1.62. The molecular formula is C15H22N2O3. The fourth-order valence-corrected chi connectivity index (χ4v) is 1.83. The van der Waals surface area contributed by atoms with Crippen molar-refractivity contribution >= 4 is 11.8 Å². The van der Waals surface area contributed by atoms with Crippen LogP contribution in [0.25, 0.3) is 0 Å². The number of hydrogen-bond acceptors (Lipinski definition) is 3.